The first kappa shape index (κ1) is 23.9. The monoisotopic (exact) mass is 458 g/mol. The molecule has 1 aliphatic rings. The second kappa shape index (κ2) is 11.8. The summed E-state index contributed by atoms with van der Waals surface area (Å²) in [7, 11) is 2.11. The lowest BCUT2D eigenvalue weighted by molar-refractivity contribution is 0.0563. The van der Waals surface area contributed by atoms with Gasteiger partial charge < -0.3 is 9.64 Å². The van der Waals surface area contributed by atoms with Gasteiger partial charge in [-0.1, -0.05) is 61.5 Å². The molecule has 34 heavy (non-hydrogen) atoms. The summed E-state index contributed by atoms with van der Waals surface area (Å²) in [6, 6.07) is 24.1. The number of rotatable bonds is 8. The Morgan fingerprint density at radius 3 is 2.47 bits per heavy atom. The summed E-state index contributed by atoms with van der Waals surface area (Å²) < 4.78 is 5.76. The van der Waals surface area contributed by atoms with Crippen molar-refractivity contribution in [3.8, 4) is 11.1 Å². The minimum atomic E-state index is -0.392. The first-order valence-corrected chi connectivity index (χ1v) is 12.1. The fourth-order valence-corrected chi connectivity index (χ4v) is 4.26. The SMILES string of the molecule is CCN(C)Cc1cccc(CN2CCC(OC(=O)Nc3ccccc3-c3ccccc3)CC2)n1. The lowest BCUT2D eigenvalue weighted by Gasteiger charge is -2.31. The number of ether oxygens (including phenoxy) is 1. The minimum absolute atomic E-state index is 0.0716. The van der Waals surface area contributed by atoms with Gasteiger partial charge in [0.1, 0.15) is 6.10 Å². The molecule has 0 bridgehead atoms. The average molecular weight is 459 g/mol. The predicted molar refractivity (Wildman–Crippen MR) is 137 cm³/mol. The third-order valence-corrected chi connectivity index (χ3v) is 6.28. The number of hydrogen-bond acceptors (Lipinski definition) is 5. The molecule has 0 unspecified atom stereocenters. The number of carbonyl (C=O) groups excluding carboxylic acids is 1. The molecule has 0 saturated carbocycles. The molecule has 0 aliphatic carbocycles. The molecule has 1 saturated heterocycles. The number of amides is 1. The van der Waals surface area contributed by atoms with Gasteiger partial charge in [0.25, 0.3) is 0 Å². The number of nitrogens with one attached hydrogen (secondary N) is 1. The van der Waals surface area contributed by atoms with Crippen molar-refractivity contribution in [2.45, 2.75) is 39.0 Å². The van der Waals surface area contributed by atoms with Crippen molar-refractivity contribution in [1.29, 1.82) is 0 Å². The third kappa shape index (κ3) is 6.65. The van der Waals surface area contributed by atoms with E-state index in [0.717, 1.165) is 73.8 Å². The lowest BCUT2D eigenvalue weighted by atomic mass is 10.0. The number of piperidine rings is 1. The van der Waals surface area contributed by atoms with Crippen LogP contribution < -0.4 is 5.32 Å². The van der Waals surface area contributed by atoms with Gasteiger partial charge in [0.2, 0.25) is 0 Å². The third-order valence-electron chi connectivity index (χ3n) is 6.28. The highest BCUT2D eigenvalue weighted by Crippen LogP contribution is 2.28. The van der Waals surface area contributed by atoms with Crippen LogP contribution in [0.3, 0.4) is 0 Å². The van der Waals surface area contributed by atoms with E-state index in [1.807, 2.05) is 54.6 Å². The number of aromatic nitrogens is 1. The Morgan fingerprint density at radius 1 is 1.00 bits per heavy atom. The second-order valence-electron chi connectivity index (χ2n) is 8.87. The molecule has 0 atom stereocenters. The van der Waals surface area contributed by atoms with Gasteiger partial charge in [-0.3, -0.25) is 15.2 Å². The first-order valence-electron chi connectivity index (χ1n) is 12.1. The summed E-state index contributed by atoms with van der Waals surface area (Å²) in [4.78, 5) is 22.1. The van der Waals surface area contributed by atoms with Gasteiger partial charge in [0.05, 0.1) is 17.1 Å². The maximum Gasteiger partial charge on any atom is 0.411 e. The van der Waals surface area contributed by atoms with E-state index < -0.39 is 6.09 Å². The Morgan fingerprint density at radius 2 is 1.71 bits per heavy atom. The van der Waals surface area contributed by atoms with Crippen LogP contribution in [-0.2, 0) is 17.8 Å². The molecule has 1 N–H and O–H groups in total. The number of hydrogen-bond donors (Lipinski definition) is 1. The Bertz CT molecular complexity index is 1060. The van der Waals surface area contributed by atoms with Gasteiger partial charge in [0.15, 0.2) is 0 Å². The largest absolute Gasteiger partial charge is 0.446 e. The quantitative estimate of drug-likeness (QED) is 0.489. The minimum Gasteiger partial charge on any atom is -0.446 e. The fourth-order valence-electron chi connectivity index (χ4n) is 4.26. The molecular weight excluding hydrogens is 424 g/mol. The molecule has 4 rings (SSSR count). The number of anilines is 1. The van der Waals surface area contributed by atoms with Crippen LogP contribution in [0.15, 0.2) is 72.8 Å². The zero-order valence-electron chi connectivity index (χ0n) is 20.1. The van der Waals surface area contributed by atoms with Crippen LogP contribution in [-0.4, -0.2) is 53.7 Å². The van der Waals surface area contributed by atoms with E-state index in [1.54, 1.807) is 0 Å². The Balaban J connectivity index is 1.27. The number of benzene rings is 2. The highest BCUT2D eigenvalue weighted by atomic mass is 16.6. The maximum atomic E-state index is 12.6. The van der Waals surface area contributed by atoms with Crippen LogP contribution in [0.1, 0.15) is 31.2 Å². The number of carbonyl (C=O) groups is 1. The summed E-state index contributed by atoms with van der Waals surface area (Å²) >= 11 is 0. The highest BCUT2D eigenvalue weighted by Gasteiger charge is 2.23. The predicted octanol–water partition coefficient (Wildman–Crippen LogP) is 5.41. The molecule has 1 fully saturated rings. The molecule has 2 heterocycles. The van der Waals surface area contributed by atoms with Crippen LogP contribution in [0.4, 0.5) is 10.5 Å². The van der Waals surface area contributed by atoms with Crippen molar-refractivity contribution < 1.29 is 9.53 Å². The summed E-state index contributed by atoms with van der Waals surface area (Å²) in [5.74, 6) is 0. The lowest BCUT2D eigenvalue weighted by Crippen LogP contribution is -2.38. The van der Waals surface area contributed by atoms with Gasteiger partial charge in [-0.25, -0.2) is 4.79 Å². The molecule has 1 amide bonds. The van der Waals surface area contributed by atoms with E-state index in [1.165, 1.54) is 0 Å². The fraction of sp³-hybridized carbons (Fsp3) is 0.357. The summed E-state index contributed by atoms with van der Waals surface area (Å²) in [6.45, 7) is 6.62. The summed E-state index contributed by atoms with van der Waals surface area (Å²) in [5, 5.41) is 2.95. The number of pyridine rings is 1. The molecule has 3 aromatic rings. The van der Waals surface area contributed by atoms with Gasteiger partial charge in [-0.15, -0.1) is 0 Å². The van der Waals surface area contributed by atoms with Crippen LogP contribution in [0.25, 0.3) is 11.1 Å². The Labute approximate surface area is 202 Å². The van der Waals surface area contributed by atoms with Crippen LogP contribution in [0, 0.1) is 0 Å². The average Bonchev–Trinajstić information content (AvgIpc) is 2.86. The van der Waals surface area contributed by atoms with Gasteiger partial charge in [0, 0.05) is 31.7 Å². The zero-order valence-corrected chi connectivity index (χ0v) is 20.1. The van der Waals surface area contributed by atoms with Crippen molar-refractivity contribution >= 4 is 11.8 Å². The summed E-state index contributed by atoms with van der Waals surface area (Å²) in [5.41, 5.74) is 5.00. The normalized spacial score (nSPS) is 14.8. The molecular formula is C28H34N4O2. The molecule has 1 aliphatic heterocycles. The topological polar surface area (TPSA) is 57.7 Å². The smallest absolute Gasteiger partial charge is 0.411 e. The number of nitrogens with zero attached hydrogens (tertiary/aromatic N) is 3. The molecule has 2 aromatic carbocycles. The van der Waals surface area contributed by atoms with E-state index in [0.29, 0.717) is 0 Å². The Kier molecular flexibility index (Phi) is 8.28. The molecule has 6 nitrogen and oxygen atoms in total. The van der Waals surface area contributed by atoms with Crippen LogP contribution in [0.2, 0.25) is 0 Å². The van der Waals surface area contributed by atoms with Crippen molar-refractivity contribution in [2.75, 3.05) is 32.0 Å². The standard InChI is InChI=1S/C28H34N4O2/c1-3-31(2)20-23-12-9-13-24(29-23)21-32-18-16-25(17-19-32)34-28(33)30-27-15-8-7-14-26(27)22-10-5-4-6-11-22/h4-15,25H,3,16-21H2,1-2H3,(H,30,33). The highest BCUT2D eigenvalue weighted by molar-refractivity contribution is 5.91. The van der Waals surface area contributed by atoms with Gasteiger partial charge in [-0.05, 0) is 50.2 Å². The molecule has 0 spiro atoms. The molecule has 0 radical (unpaired) electrons. The van der Waals surface area contributed by atoms with Crippen molar-refractivity contribution in [1.82, 2.24) is 14.8 Å². The molecule has 1 aromatic heterocycles. The Hall–Kier alpha value is -3.22. The van der Waals surface area contributed by atoms with Crippen LogP contribution >= 0.6 is 0 Å². The van der Waals surface area contributed by atoms with Gasteiger partial charge in [-0.2, -0.15) is 0 Å². The van der Waals surface area contributed by atoms with Crippen LogP contribution in [0.5, 0.6) is 0 Å². The molecule has 178 valence electrons. The van der Waals surface area contributed by atoms with Crippen molar-refractivity contribution in [3.63, 3.8) is 0 Å². The van der Waals surface area contributed by atoms with E-state index in [2.05, 4.69) is 47.3 Å². The first-order chi connectivity index (χ1) is 16.6. The second-order valence-corrected chi connectivity index (χ2v) is 8.87. The van der Waals surface area contributed by atoms with E-state index >= 15 is 0 Å². The zero-order chi connectivity index (χ0) is 23.8. The van der Waals surface area contributed by atoms with Crippen molar-refractivity contribution in [2.24, 2.45) is 0 Å². The number of likely N-dealkylation sites (tertiary alicyclic amines) is 1. The van der Waals surface area contributed by atoms with Gasteiger partial charge >= 0.3 is 6.09 Å². The van der Waals surface area contributed by atoms with E-state index in [4.69, 9.17) is 9.72 Å². The van der Waals surface area contributed by atoms with Crippen molar-refractivity contribution in [3.05, 3.63) is 84.2 Å². The van der Waals surface area contributed by atoms with E-state index in [-0.39, 0.29) is 6.10 Å². The van der Waals surface area contributed by atoms with E-state index in [9.17, 15) is 4.79 Å². The molecule has 6 heteroatoms. The maximum absolute atomic E-state index is 12.6. The summed E-state index contributed by atoms with van der Waals surface area (Å²) in [6.07, 6.45) is 1.19. The number of para-hydroxylation sites is 1.